The van der Waals surface area contributed by atoms with E-state index >= 15 is 0 Å². The Morgan fingerprint density at radius 2 is 0.652 bits per heavy atom. The van der Waals surface area contributed by atoms with Gasteiger partial charge >= 0.3 is 23.9 Å². The minimum atomic E-state index is -0.708. The maximum atomic E-state index is 12.7. The third-order valence-electron chi connectivity index (χ3n) is 6.57. The molecule has 0 aliphatic carbocycles. The highest BCUT2D eigenvalue weighted by molar-refractivity contribution is 5.87. The summed E-state index contributed by atoms with van der Waals surface area (Å²) in [7, 11) is 0. The number of nitrogens with zero attached hydrogens (tertiary/aromatic N) is 4. The second-order valence-corrected chi connectivity index (χ2v) is 9.85. The molecule has 5 heterocycles. The van der Waals surface area contributed by atoms with Gasteiger partial charge in [0.25, 0.3) is 0 Å². The van der Waals surface area contributed by atoms with Crippen molar-refractivity contribution in [3.05, 3.63) is 96.6 Å². The molecule has 0 radical (unpaired) electrons. The normalized spacial score (nSPS) is 16.7. The summed E-state index contributed by atoms with van der Waals surface area (Å²) >= 11 is 0. The van der Waals surface area contributed by atoms with Crippen LogP contribution in [0.15, 0.2) is 91.3 Å². The summed E-state index contributed by atoms with van der Waals surface area (Å²) < 4.78 is 20.7. The van der Waals surface area contributed by atoms with Crippen LogP contribution in [-0.4, -0.2) is 96.5 Å². The Morgan fingerprint density at radius 1 is 0.413 bits per heavy atom. The average Bonchev–Trinajstić information content (AvgIpc) is 3.89. The molecular weight excluding hydrogens is 608 g/mol. The lowest BCUT2D eigenvalue weighted by molar-refractivity contribution is -0.169. The van der Waals surface area contributed by atoms with Crippen LogP contribution in [0.3, 0.4) is 0 Å². The molecule has 0 aromatic carbocycles. The highest BCUT2D eigenvalue weighted by Crippen LogP contribution is 2.12. The third-order valence-corrected chi connectivity index (χ3v) is 6.57. The van der Waals surface area contributed by atoms with Gasteiger partial charge in [-0.05, 0) is 61.4 Å². The highest BCUT2D eigenvalue weighted by Gasteiger charge is 2.25. The van der Waals surface area contributed by atoms with E-state index in [9.17, 15) is 19.2 Å². The smallest absolute Gasteiger partial charge is 0.393 e. The molecule has 1 fully saturated rings. The average molecular weight is 641 g/mol. The molecule has 244 valence electrons. The lowest BCUT2D eigenvalue weighted by atomic mass is 10.3. The van der Waals surface area contributed by atoms with Gasteiger partial charge in [0, 0.05) is 26.2 Å². The second-order valence-electron chi connectivity index (χ2n) is 9.85. The van der Waals surface area contributed by atoms with Crippen LogP contribution >= 0.6 is 0 Å². The van der Waals surface area contributed by atoms with E-state index in [4.69, 9.17) is 37.0 Å². The fraction of sp³-hybridized carbons (Fsp3) is 0.333. The summed E-state index contributed by atoms with van der Waals surface area (Å²) in [6, 6.07) is 12.2. The molecule has 16 heteroatoms. The molecular formula is C30H32N4O12. The first-order valence-electron chi connectivity index (χ1n) is 14.5. The number of carbonyl (C=O) groups is 4. The SMILES string of the molecule is O=C(ON1CCCN(OC(=O)c2ccco2)CCN(OC(=O)c2ccco2)CCCN(OC(=O)c2ccco2)CC1)c1ccco1. The zero-order valence-corrected chi connectivity index (χ0v) is 24.7. The fourth-order valence-electron chi connectivity index (χ4n) is 4.33. The summed E-state index contributed by atoms with van der Waals surface area (Å²) in [6.45, 7) is 1.33. The van der Waals surface area contributed by atoms with Crippen molar-refractivity contribution in [1.82, 2.24) is 20.3 Å². The summed E-state index contributed by atoms with van der Waals surface area (Å²) in [4.78, 5) is 73.2. The van der Waals surface area contributed by atoms with Gasteiger partial charge in [-0.15, -0.1) is 20.3 Å². The van der Waals surface area contributed by atoms with Crippen molar-refractivity contribution in [3.8, 4) is 0 Å². The monoisotopic (exact) mass is 640 g/mol. The van der Waals surface area contributed by atoms with Crippen molar-refractivity contribution < 1.29 is 56.2 Å². The predicted octanol–water partition coefficient (Wildman–Crippen LogP) is 3.45. The van der Waals surface area contributed by atoms with Gasteiger partial charge in [0.1, 0.15) is 0 Å². The van der Waals surface area contributed by atoms with Gasteiger partial charge in [0.2, 0.25) is 23.0 Å². The number of hydrogen-bond acceptors (Lipinski definition) is 16. The van der Waals surface area contributed by atoms with E-state index in [-0.39, 0.29) is 75.4 Å². The predicted molar refractivity (Wildman–Crippen MR) is 152 cm³/mol. The molecule has 0 amide bonds. The van der Waals surface area contributed by atoms with Crippen molar-refractivity contribution in [2.45, 2.75) is 12.8 Å². The molecule has 0 spiro atoms. The van der Waals surface area contributed by atoms with E-state index < -0.39 is 23.9 Å². The fourth-order valence-corrected chi connectivity index (χ4v) is 4.33. The van der Waals surface area contributed by atoms with Crippen molar-refractivity contribution >= 4 is 23.9 Å². The van der Waals surface area contributed by atoms with Gasteiger partial charge in [0.05, 0.1) is 51.2 Å². The summed E-state index contributed by atoms with van der Waals surface area (Å²) in [5.41, 5.74) is 0. The molecule has 0 N–H and O–H groups in total. The first kappa shape index (κ1) is 32.2. The second kappa shape index (κ2) is 16.2. The lowest BCUT2D eigenvalue weighted by Crippen LogP contribution is -2.43. The van der Waals surface area contributed by atoms with E-state index in [1.807, 2.05) is 0 Å². The van der Waals surface area contributed by atoms with Crippen molar-refractivity contribution in [2.24, 2.45) is 0 Å². The van der Waals surface area contributed by atoms with E-state index in [1.54, 1.807) is 24.3 Å². The standard InChI is InChI=1S/C30H32N4O12/c35-27(23-7-1-19-39-23)43-31-11-5-12-33(45-29(37)25-9-3-21-41-25)17-18-34(46-30(38)26-10-4-22-42-26)14-6-13-32(16-15-31)44-28(36)24-8-2-20-40-24/h1-4,7-10,19-22H,5-6,11-18H2. The van der Waals surface area contributed by atoms with Crippen LogP contribution in [0.2, 0.25) is 0 Å². The largest absolute Gasteiger partial charge is 0.457 e. The molecule has 4 aromatic heterocycles. The summed E-state index contributed by atoms with van der Waals surface area (Å²) in [5.74, 6) is -2.78. The van der Waals surface area contributed by atoms with Crippen LogP contribution in [0.5, 0.6) is 0 Å². The first-order chi connectivity index (χ1) is 22.4. The van der Waals surface area contributed by atoms with Crippen molar-refractivity contribution in [3.63, 3.8) is 0 Å². The number of carbonyl (C=O) groups excluding carboxylic acids is 4. The van der Waals surface area contributed by atoms with Crippen LogP contribution in [0.4, 0.5) is 0 Å². The van der Waals surface area contributed by atoms with E-state index in [0.29, 0.717) is 12.8 Å². The van der Waals surface area contributed by atoms with E-state index in [2.05, 4.69) is 0 Å². The minimum absolute atomic E-state index is 0.0127. The molecule has 0 atom stereocenters. The molecule has 16 nitrogen and oxygen atoms in total. The van der Waals surface area contributed by atoms with Crippen LogP contribution in [-0.2, 0) is 19.4 Å². The van der Waals surface area contributed by atoms with Crippen molar-refractivity contribution in [1.29, 1.82) is 0 Å². The number of rotatable bonds is 8. The van der Waals surface area contributed by atoms with E-state index in [1.165, 1.54) is 69.6 Å². The maximum absolute atomic E-state index is 12.7. The Labute approximate surface area is 262 Å². The molecule has 0 unspecified atom stereocenters. The third kappa shape index (κ3) is 9.42. The van der Waals surface area contributed by atoms with Gasteiger partial charge in [0.15, 0.2) is 0 Å². The molecule has 0 saturated carbocycles. The molecule has 5 rings (SSSR count). The Balaban J connectivity index is 1.31. The zero-order chi connectivity index (χ0) is 32.1. The highest BCUT2D eigenvalue weighted by atomic mass is 16.7. The van der Waals surface area contributed by atoms with E-state index in [0.717, 1.165) is 0 Å². The van der Waals surface area contributed by atoms with Gasteiger partial charge in [-0.2, -0.15) is 0 Å². The molecule has 1 saturated heterocycles. The Hall–Kier alpha value is -5.16. The minimum Gasteiger partial charge on any atom is -0.457 e. The first-order valence-corrected chi connectivity index (χ1v) is 14.5. The van der Waals surface area contributed by atoms with Gasteiger partial charge < -0.3 is 37.0 Å². The molecule has 4 aromatic rings. The van der Waals surface area contributed by atoms with Crippen LogP contribution in [0.25, 0.3) is 0 Å². The number of furan rings is 4. The Morgan fingerprint density at radius 3 is 0.848 bits per heavy atom. The zero-order valence-electron chi connectivity index (χ0n) is 24.7. The molecule has 0 bridgehead atoms. The van der Waals surface area contributed by atoms with Gasteiger partial charge in [-0.3, -0.25) is 0 Å². The molecule has 1 aliphatic rings. The Kier molecular flexibility index (Phi) is 11.4. The Bertz CT molecular complexity index is 1280. The number of hydrogen-bond donors (Lipinski definition) is 0. The lowest BCUT2D eigenvalue weighted by Gasteiger charge is -2.29. The van der Waals surface area contributed by atoms with Crippen molar-refractivity contribution in [2.75, 3.05) is 52.4 Å². The summed E-state index contributed by atoms with van der Waals surface area (Å²) in [6.07, 6.45) is 6.14. The molecule has 46 heavy (non-hydrogen) atoms. The number of hydroxylamine groups is 8. The van der Waals surface area contributed by atoms with Gasteiger partial charge in [-0.25, -0.2) is 19.2 Å². The summed E-state index contributed by atoms with van der Waals surface area (Å²) in [5, 5.41) is 5.64. The maximum Gasteiger partial charge on any atom is 0.393 e. The quantitative estimate of drug-likeness (QED) is 0.274. The van der Waals surface area contributed by atoms with Gasteiger partial charge in [-0.1, -0.05) is 0 Å². The molecule has 1 aliphatic heterocycles. The van der Waals surface area contributed by atoms with Crippen LogP contribution in [0, 0.1) is 0 Å². The topological polar surface area (TPSA) is 171 Å². The van der Waals surface area contributed by atoms with Crippen LogP contribution < -0.4 is 0 Å². The van der Waals surface area contributed by atoms with Crippen LogP contribution in [0.1, 0.15) is 55.1 Å².